The molecular weight excluding hydrogens is 358 g/mol. The summed E-state index contributed by atoms with van der Waals surface area (Å²) in [5.74, 6) is 0.604. The molecule has 3 aromatic rings. The van der Waals surface area contributed by atoms with Crippen molar-refractivity contribution in [2.45, 2.75) is 13.2 Å². The quantitative estimate of drug-likeness (QED) is 0.276. The molecule has 0 heterocycles. The standard InChI is InChI=1S/C26H25NO2/c1-5-10-22(6-2)27(24-14-13-20-11-8-9-12-21(20)18-24)23-15-16-25(19(4)17-23)29-26(28)7-3/h5-18,26,28H,1-3H2,4H3/b22-10+. The molecule has 1 unspecified atom stereocenters. The molecule has 0 saturated heterocycles. The molecule has 3 nitrogen and oxygen atoms in total. The monoisotopic (exact) mass is 383 g/mol. The molecule has 0 fully saturated rings. The van der Waals surface area contributed by atoms with Crippen LogP contribution in [0.2, 0.25) is 0 Å². The fourth-order valence-electron chi connectivity index (χ4n) is 3.20. The number of nitrogens with zero attached hydrogens (tertiary/aromatic N) is 1. The first-order chi connectivity index (χ1) is 14.1. The summed E-state index contributed by atoms with van der Waals surface area (Å²) < 4.78 is 5.49. The lowest BCUT2D eigenvalue weighted by Crippen LogP contribution is -2.16. The molecule has 0 aliphatic rings. The van der Waals surface area contributed by atoms with Gasteiger partial charge in [-0.05, 0) is 71.8 Å². The summed E-state index contributed by atoms with van der Waals surface area (Å²) in [5.41, 5.74) is 3.76. The van der Waals surface area contributed by atoms with E-state index in [4.69, 9.17) is 4.74 Å². The molecule has 146 valence electrons. The van der Waals surface area contributed by atoms with Crippen molar-refractivity contribution in [3.05, 3.63) is 116 Å². The van der Waals surface area contributed by atoms with Crippen molar-refractivity contribution < 1.29 is 9.84 Å². The molecule has 0 radical (unpaired) electrons. The Kier molecular flexibility index (Phi) is 6.32. The molecule has 29 heavy (non-hydrogen) atoms. The predicted molar refractivity (Wildman–Crippen MR) is 123 cm³/mol. The Hall–Kier alpha value is -3.56. The smallest absolute Gasteiger partial charge is 0.217 e. The lowest BCUT2D eigenvalue weighted by atomic mass is 10.1. The Balaban J connectivity index is 2.11. The number of aliphatic hydroxyl groups is 1. The minimum atomic E-state index is -1.04. The van der Waals surface area contributed by atoms with E-state index in [1.807, 2.05) is 43.3 Å². The number of anilines is 2. The van der Waals surface area contributed by atoms with Crippen LogP contribution in [-0.4, -0.2) is 11.4 Å². The van der Waals surface area contributed by atoms with Crippen molar-refractivity contribution >= 4 is 22.1 Å². The van der Waals surface area contributed by atoms with Crippen LogP contribution in [0.3, 0.4) is 0 Å². The molecule has 1 atom stereocenters. The summed E-state index contributed by atoms with van der Waals surface area (Å²) in [6, 6.07) is 20.4. The van der Waals surface area contributed by atoms with Crippen LogP contribution in [0.25, 0.3) is 10.8 Å². The molecule has 3 rings (SSSR count). The van der Waals surface area contributed by atoms with Gasteiger partial charge in [-0.25, -0.2) is 0 Å². The van der Waals surface area contributed by atoms with Crippen molar-refractivity contribution in [1.29, 1.82) is 0 Å². The second-order valence-electron chi connectivity index (χ2n) is 6.59. The van der Waals surface area contributed by atoms with Gasteiger partial charge in [0.15, 0.2) is 0 Å². The minimum Gasteiger partial charge on any atom is -0.461 e. The molecule has 3 aromatic carbocycles. The summed E-state index contributed by atoms with van der Waals surface area (Å²) in [5, 5.41) is 12.0. The third kappa shape index (κ3) is 4.48. The highest BCUT2D eigenvalue weighted by Gasteiger charge is 2.15. The number of allylic oxidation sites excluding steroid dienone is 3. The number of aliphatic hydroxyl groups excluding tert-OH is 1. The maximum absolute atomic E-state index is 9.70. The van der Waals surface area contributed by atoms with Crippen LogP contribution in [0.1, 0.15) is 5.56 Å². The summed E-state index contributed by atoms with van der Waals surface area (Å²) >= 11 is 0. The van der Waals surface area contributed by atoms with Gasteiger partial charge in [-0.3, -0.25) is 0 Å². The average Bonchev–Trinajstić information content (AvgIpc) is 2.74. The van der Waals surface area contributed by atoms with Gasteiger partial charge < -0.3 is 14.7 Å². The van der Waals surface area contributed by atoms with Crippen molar-refractivity contribution in [2.75, 3.05) is 4.90 Å². The molecule has 1 N–H and O–H groups in total. The highest BCUT2D eigenvalue weighted by atomic mass is 16.6. The Bertz CT molecular complexity index is 1080. The predicted octanol–water partition coefficient (Wildman–Crippen LogP) is 6.43. The summed E-state index contributed by atoms with van der Waals surface area (Å²) in [6.07, 6.45) is 5.77. The minimum absolute atomic E-state index is 0.604. The maximum Gasteiger partial charge on any atom is 0.217 e. The highest BCUT2D eigenvalue weighted by Crippen LogP contribution is 2.35. The van der Waals surface area contributed by atoms with Crippen molar-refractivity contribution in [3.63, 3.8) is 0 Å². The van der Waals surface area contributed by atoms with E-state index in [1.54, 1.807) is 12.2 Å². The van der Waals surface area contributed by atoms with Gasteiger partial charge in [-0.2, -0.15) is 0 Å². The van der Waals surface area contributed by atoms with Gasteiger partial charge in [-0.1, -0.05) is 56.1 Å². The van der Waals surface area contributed by atoms with E-state index in [9.17, 15) is 5.11 Å². The van der Waals surface area contributed by atoms with Gasteiger partial charge in [0, 0.05) is 17.1 Å². The largest absolute Gasteiger partial charge is 0.461 e. The number of fused-ring (bicyclic) bond motifs is 1. The summed E-state index contributed by atoms with van der Waals surface area (Å²) in [4.78, 5) is 2.11. The van der Waals surface area contributed by atoms with Crippen LogP contribution in [0.15, 0.2) is 110 Å². The summed E-state index contributed by atoms with van der Waals surface area (Å²) in [7, 11) is 0. The van der Waals surface area contributed by atoms with Crippen LogP contribution < -0.4 is 9.64 Å². The first-order valence-electron chi connectivity index (χ1n) is 9.39. The lowest BCUT2D eigenvalue weighted by molar-refractivity contribution is 0.0245. The Morgan fingerprint density at radius 1 is 0.966 bits per heavy atom. The van der Waals surface area contributed by atoms with Crippen LogP contribution in [0.4, 0.5) is 11.4 Å². The first-order valence-corrected chi connectivity index (χ1v) is 9.39. The maximum atomic E-state index is 9.70. The van der Waals surface area contributed by atoms with Crippen molar-refractivity contribution in [3.8, 4) is 5.75 Å². The van der Waals surface area contributed by atoms with E-state index in [2.05, 4.69) is 55.0 Å². The second kappa shape index (κ2) is 9.09. The highest BCUT2D eigenvalue weighted by molar-refractivity contribution is 5.88. The molecule has 0 aliphatic carbocycles. The van der Waals surface area contributed by atoms with E-state index in [0.29, 0.717) is 5.75 Å². The van der Waals surface area contributed by atoms with E-state index in [1.165, 1.54) is 11.5 Å². The number of ether oxygens (including phenoxy) is 1. The SMILES string of the molecule is C=C/C=C(\C=C)N(c1ccc(OC(O)C=C)c(C)c1)c1ccc2ccccc2c1. The molecule has 0 bridgehead atoms. The zero-order valence-electron chi connectivity index (χ0n) is 16.6. The normalized spacial score (nSPS) is 12.3. The topological polar surface area (TPSA) is 32.7 Å². The van der Waals surface area contributed by atoms with Crippen LogP contribution >= 0.6 is 0 Å². The Morgan fingerprint density at radius 2 is 1.66 bits per heavy atom. The van der Waals surface area contributed by atoms with Crippen LogP contribution in [-0.2, 0) is 0 Å². The third-order valence-electron chi connectivity index (χ3n) is 4.61. The van der Waals surface area contributed by atoms with Gasteiger partial charge >= 0.3 is 0 Å². The van der Waals surface area contributed by atoms with Crippen LogP contribution in [0.5, 0.6) is 5.75 Å². The van der Waals surface area contributed by atoms with Gasteiger partial charge in [0.2, 0.25) is 6.29 Å². The number of hydrogen-bond donors (Lipinski definition) is 1. The Labute approximate surface area is 172 Å². The fraction of sp³-hybridized carbons (Fsp3) is 0.0769. The zero-order chi connectivity index (χ0) is 20.8. The number of hydrogen-bond acceptors (Lipinski definition) is 3. The van der Waals surface area contributed by atoms with Crippen molar-refractivity contribution in [2.24, 2.45) is 0 Å². The van der Waals surface area contributed by atoms with E-state index in [0.717, 1.165) is 28.0 Å². The van der Waals surface area contributed by atoms with Gasteiger partial charge in [0.05, 0.1) is 0 Å². The van der Waals surface area contributed by atoms with E-state index >= 15 is 0 Å². The average molecular weight is 383 g/mol. The van der Waals surface area contributed by atoms with E-state index < -0.39 is 6.29 Å². The fourth-order valence-corrected chi connectivity index (χ4v) is 3.20. The van der Waals surface area contributed by atoms with Gasteiger partial charge in [0.1, 0.15) is 5.75 Å². The molecule has 0 spiro atoms. The molecule has 0 aliphatic heterocycles. The molecule has 0 aromatic heterocycles. The lowest BCUT2D eigenvalue weighted by Gasteiger charge is -2.27. The van der Waals surface area contributed by atoms with Crippen molar-refractivity contribution in [1.82, 2.24) is 0 Å². The van der Waals surface area contributed by atoms with Crippen LogP contribution in [0, 0.1) is 6.92 Å². The molecular formula is C26H25NO2. The number of aryl methyl sites for hydroxylation is 1. The number of benzene rings is 3. The summed E-state index contributed by atoms with van der Waals surface area (Å²) in [6.45, 7) is 13.3. The molecule has 3 heteroatoms. The Morgan fingerprint density at radius 3 is 2.31 bits per heavy atom. The first kappa shape index (κ1) is 20.2. The second-order valence-corrected chi connectivity index (χ2v) is 6.59. The molecule has 0 amide bonds. The van der Waals surface area contributed by atoms with Gasteiger partial charge in [0.25, 0.3) is 0 Å². The van der Waals surface area contributed by atoms with Gasteiger partial charge in [-0.15, -0.1) is 0 Å². The van der Waals surface area contributed by atoms with E-state index in [-0.39, 0.29) is 0 Å². The molecule has 0 saturated carbocycles. The number of rotatable bonds is 8. The third-order valence-corrected chi connectivity index (χ3v) is 4.61. The zero-order valence-corrected chi connectivity index (χ0v) is 16.6.